The number of carbonyl (C=O) groups is 2. The van der Waals surface area contributed by atoms with E-state index in [1.165, 1.54) is 0 Å². The smallest absolute Gasteiger partial charge is 0.454 e. The van der Waals surface area contributed by atoms with Crippen LogP contribution in [0.3, 0.4) is 0 Å². The van der Waals surface area contributed by atoms with Gasteiger partial charge < -0.3 is 14.2 Å². The molecule has 3 atom stereocenters. The molecule has 1 fully saturated rings. The molecule has 18 heavy (non-hydrogen) atoms. The molecule has 0 bridgehead atoms. The molecule has 2 heterocycles. The minimum absolute atomic E-state index is 0.316. The summed E-state index contributed by atoms with van der Waals surface area (Å²) in [5.74, 6) is -0.325. The fourth-order valence-corrected chi connectivity index (χ4v) is 2.32. The molecule has 94 valence electrons. The van der Waals surface area contributed by atoms with E-state index in [-0.39, 0.29) is 24.3 Å². The summed E-state index contributed by atoms with van der Waals surface area (Å²) in [5.41, 5.74) is 1.43. The lowest BCUT2D eigenvalue weighted by molar-refractivity contribution is 0.0231. The Hall–Kier alpha value is -2.04. The first-order valence-electron chi connectivity index (χ1n) is 5.82. The van der Waals surface area contributed by atoms with Gasteiger partial charge in [-0.15, -0.1) is 0 Å². The van der Waals surface area contributed by atoms with E-state index >= 15 is 0 Å². The Kier molecular flexibility index (Phi) is 2.47. The molecule has 0 amide bonds. The van der Waals surface area contributed by atoms with Crippen molar-refractivity contribution < 1.29 is 23.8 Å². The number of carbonyl (C=O) groups excluding carboxylic acids is 2. The van der Waals surface area contributed by atoms with Crippen molar-refractivity contribution in [1.82, 2.24) is 0 Å². The van der Waals surface area contributed by atoms with Gasteiger partial charge in [0.15, 0.2) is 0 Å². The fourth-order valence-electron chi connectivity index (χ4n) is 2.32. The number of hydrogen-bond acceptors (Lipinski definition) is 5. The van der Waals surface area contributed by atoms with Crippen LogP contribution in [0.2, 0.25) is 0 Å². The molecule has 1 aromatic carbocycles. The summed E-state index contributed by atoms with van der Waals surface area (Å²) in [4.78, 5) is 22.6. The predicted octanol–water partition coefficient (Wildman–Crippen LogP) is 2.21. The number of cyclic esters (lactones) is 3. The highest BCUT2D eigenvalue weighted by molar-refractivity contribution is 5.93. The van der Waals surface area contributed by atoms with Gasteiger partial charge in [-0.3, -0.25) is 0 Å². The van der Waals surface area contributed by atoms with E-state index in [4.69, 9.17) is 14.2 Å². The Balaban J connectivity index is 1.79. The SMILES string of the molecule is CC1OC(=O)OC1CC1OC(=O)c2ccccc21. The summed E-state index contributed by atoms with van der Waals surface area (Å²) >= 11 is 0. The van der Waals surface area contributed by atoms with E-state index in [2.05, 4.69) is 0 Å². The number of fused-ring (bicyclic) bond motifs is 1. The van der Waals surface area contributed by atoms with Crippen LogP contribution in [0.1, 0.15) is 35.4 Å². The highest BCUT2D eigenvalue weighted by Crippen LogP contribution is 2.36. The molecule has 0 aromatic heterocycles. The third kappa shape index (κ3) is 1.72. The summed E-state index contributed by atoms with van der Waals surface area (Å²) in [5, 5.41) is 0. The predicted molar refractivity (Wildman–Crippen MR) is 60.0 cm³/mol. The molecule has 1 aromatic rings. The largest absolute Gasteiger partial charge is 0.509 e. The minimum Gasteiger partial charge on any atom is -0.454 e. The van der Waals surface area contributed by atoms with Crippen LogP contribution >= 0.6 is 0 Å². The average molecular weight is 248 g/mol. The molecule has 3 unspecified atom stereocenters. The van der Waals surface area contributed by atoms with Crippen molar-refractivity contribution in [3.63, 3.8) is 0 Å². The van der Waals surface area contributed by atoms with E-state index in [0.29, 0.717) is 12.0 Å². The summed E-state index contributed by atoms with van der Waals surface area (Å²) in [7, 11) is 0. The number of rotatable bonds is 2. The number of esters is 1. The van der Waals surface area contributed by atoms with E-state index < -0.39 is 6.16 Å². The summed E-state index contributed by atoms with van der Waals surface area (Å²) in [6.45, 7) is 1.76. The second kappa shape index (κ2) is 4.01. The lowest BCUT2D eigenvalue weighted by Gasteiger charge is -2.16. The van der Waals surface area contributed by atoms with Crippen LogP contribution in [-0.2, 0) is 14.2 Å². The van der Waals surface area contributed by atoms with Gasteiger partial charge in [0.1, 0.15) is 18.3 Å². The molecular weight excluding hydrogens is 236 g/mol. The number of ether oxygens (including phenoxy) is 3. The normalized spacial score (nSPS) is 29.5. The maximum absolute atomic E-state index is 11.6. The molecule has 0 N–H and O–H groups in total. The van der Waals surface area contributed by atoms with E-state index in [1.54, 1.807) is 19.1 Å². The quantitative estimate of drug-likeness (QED) is 0.751. The standard InChI is InChI=1S/C13H12O5/c1-7-10(18-13(15)16-7)6-11-8-4-2-3-5-9(8)12(14)17-11/h2-5,7,10-11H,6H2,1H3. The first-order chi connectivity index (χ1) is 8.65. The van der Waals surface area contributed by atoms with Crippen molar-refractivity contribution in [3.8, 4) is 0 Å². The third-order valence-electron chi connectivity index (χ3n) is 3.28. The molecule has 0 radical (unpaired) electrons. The zero-order valence-corrected chi connectivity index (χ0v) is 9.79. The average Bonchev–Trinajstić information content (AvgIpc) is 2.82. The number of hydrogen-bond donors (Lipinski definition) is 0. The zero-order chi connectivity index (χ0) is 12.7. The molecule has 0 aliphatic carbocycles. The number of benzene rings is 1. The molecule has 0 saturated carbocycles. The Bertz CT molecular complexity index is 510. The maximum Gasteiger partial charge on any atom is 0.509 e. The van der Waals surface area contributed by atoms with Gasteiger partial charge in [-0.2, -0.15) is 0 Å². The third-order valence-corrected chi connectivity index (χ3v) is 3.28. The lowest BCUT2D eigenvalue weighted by Crippen LogP contribution is -2.22. The molecule has 0 spiro atoms. The van der Waals surface area contributed by atoms with Gasteiger partial charge in [-0.1, -0.05) is 18.2 Å². The fraction of sp³-hybridized carbons (Fsp3) is 0.385. The highest BCUT2D eigenvalue weighted by Gasteiger charge is 2.39. The molecule has 5 heteroatoms. The van der Waals surface area contributed by atoms with Crippen LogP contribution in [0.15, 0.2) is 24.3 Å². The Morgan fingerprint density at radius 2 is 1.89 bits per heavy atom. The first-order valence-corrected chi connectivity index (χ1v) is 5.82. The van der Waals surface area contributed by atoms with Crippen LogP contribution in [0.5, 0.6) is 0 Å². The van der Waals surface area contributed by atoms with Crippen molar-refractivity contribution in [2.45, 2.75) is 31.7 Å². The molecule has 2 aliphatic heterocycles. The lowest BCUT2D eigenvalue weighted by atomic mass is 9.99. The molecular formula is C13H12O5. The van der Waals surface area contributed by atoms with E-state index in [0.717, 1.165) is 5.56 Å². The van der Waals surface area contributed by atoms with Crippen molar-refractivity contribution in [1.29, 1.82) is 0 Å². The van der Waals surface area contributed by atoms with E-state index in [1.807, 2.05) is 12.1 Å². The second-order valence-corrected chi connectivity index (χ2v) is 4.45. The monoisotopic (exact) mass is 248 g/mol. The van der Waals surface area contributed by atoms with Crippen molar-refractivity contribution in [2.75, 3.05) is 0 Å². The Morgan fingerprint density at radius 1 is 1.11 bits per heavy atom. The van der Waals surface area contributed by atoms with Gasteiger partial charge in [-0.05, 0) is 13.0 Å². The van der Waals surface area contributed by atoms with Crippen LogP contribution in [0.25, 0.3) is 0 Å². The molecule has 2 aliphatic rings. The van der Waals surface area contributed by atoms with Crippen LogP contribution in [-0.4, -0.2) is 24.3 Å². The van der Waals surface area contributed by atoms with Gasteiger partial charge in [0.2, 0.25) is 0 Å². The zero-order valence-electron chi connectivity index (χ0n) is 9.79. The van der Waals surface area contributed by atoms with Gasteiger partial charge in [-0.25, -0.2) is 9.59 Å². The topological polar surface area (TPSA) is 61.8 Å². The molecule has 5 nitrogen and oxygen atoms in total. The Labute approximate surface area is 104 Å². The summed E-state index contributed by atoms with van der Waals surface area (Å²) in [6, 6.07) is 7.24. The highest BCUT2D eigenvalue weighted by atomic mass is 16.8. The maximum atomic E-state index is 11.6. The first kappa shape index (κ1) is 11.1. The van der Waals surface area contributed by atoms with Crippen LogP contribution in [0, 0.1) is 0 Å². The van der Waals surface area contributed by atoms with Gasteiger partial charge in [0, 0.05) is 12.0 Å². The van der Waals surface area contributed by atoms with Crippen molar-refractivity contribution in [2.24, 2.45) is 0 Å². The molecule has 1 saturated heterocycles. The van der Waals surface area contributed by atoms with Crippen LogP contribution < -0.4 is 0 Å². The van der Waals surface area contributed by atoms with Crippen molar-refractivity contribution >= 4 is 12.1 Å². The summed E-state index contributed by atoms with van der Waals surface area (Å²) in [6.07, 6.45) is -1.29. The van der Waals surface area contributed by atoms with Gasteiger partial charge in [0.05, 0.1) is 5.56 Å². The van der Waals surface area contributed by atoms with Gasteiger partial charge in [0.25, 0.3) is 0 Å². The van der Waals surface area contributed by atoms with Gasteiger partial charge >= 0.3 is 12.1 Å². The molecule has 3 rings (SSSR count). The van der Waals surface area contributed by atoms with Crippen LogP contribution in [0.4, 0.5) is 4.79 Å². The summed E-state index contributed by atoms with van der Waals surface area (Å²) < 4.78 is 15.2. The van der Waals surface area contributed by atoms with E-state index in [9.17, 15) is 9.59 Å². The van der Waals surface area contributed by atoms with Crippen molar-refractivity contribution in [3.05, 3.63) is 35.4 Å². The second-order valence-electron chi connectivity index (χ2n) is 4.45. The minimum atomic E-state index is -0.662. The Morgan fingerprint density at radius 3 is 2.61 bits per heavy atom.